The second-order valence-electron chi connectivity index (χ2n) is 8.03. The van der Waals surface area contributed by atoms with Crippen LogP contribution in [-0.4, -0.2) is 71.6 Å². The Morgan fingerprint density at radius 3 is 2.73 bits per heavy atom. The predicted octanol–water partition coefficient (Wildman–Crippen LogP) is 2.36. The smallest absolute Gasteiger partial charge is 0.254 e. The van der Waals surface area contributed by atoms with Crippen molar-refractivity contribution in [3.05, 3.63) is 35.6 Å². The Morgan fingerprint density at radius 1 is 1.30 bits per heavy atom. The summed E-state index contributed by atoms with van der Waals surface area (Å²) in [6.45, 7) is 0. The van der Waals surface area contributed by atoms with Crippen molar-refractivity contribution in [2.75, 3.05) is 26.0 Å². The normalized spacial score (nSPS) is 25.9. The van der Waals surface area contributed by atoms with Crippen LogP contribution in [0.1, 0.15) is 29.6 Å². The van der Waals surface area contributed by atoms with Gasteiger partial charge in [-0.3, -0.25) is 9.69 Å². The fourth-order valence-corrected chi connectivity index (χ4v) is 4.65. The highest BCUT2D eigenvalue weighted by atomic mass is 19.1. The number of piperidine rings is 1. The van der Waals surface area contributed by atoms with E-state index in [1.165, 1.54) is 7.05 Å². The number of halogens is 2. The van der Waals surface area contributed by atoms with Crippen LogP contribution in [0.25, 0.3) is 11.3 Å². The molecule has 0 spiro atoms. The van der Waals surface area contributed by atoms with E-state index in [1.807, 2.05) is 11.9 Å². The van der Waals surface area contributed by atoms with Crippen LogP contribution in [0.3, 0.4) is 0 Å². The molecule has 30 heavy (non-hydrogen) atoms. The van der Waals surface area contributed by atoms with E-state index in [0.717, 1.165) is 31.4 Å². The van der Waals surface area contributed by atoms with Crippen molar-refractivity contribution >= 4 is 11.7 Å². The molecule has 9 heteroatoms. The third kappa shape index (κ3) is 3.36. The van der Waals surface area contributed by atoms with Crippen molar-refractivity contribution in [1.82, 2.24) is 20.4 Å². The molecule has 0 aliphatic carbocycles. The molecule has 4 rings (SSSR count). The molecule has 3 heterocycles. The number of hydrogen-bond acceptors (Lipinski definition) is 6. The molecule has 0 unspecified atom stereocenters. The number of phenols is 1. The van der Waals surface area contributed by atoms with Crippen molar-refractivity contribution in [3.8, 4) is 17.0 Å². The number of hydrogen-bond donors (Lipinski definition) is 2. The molecule has 2 bridgehead atoms. The summed E-state index contributed by atoms with van der Waals surface area (Å²) in [5.74, 6) is -1.17. The zero-order valence-corrected chi connectivity index (χ0v) is 17.1. The number of alkyl halides is 1. The minimum Gasteiger partial charge on any atom is -0.507 e. The highest BCUT2D eigenvalue weighted by molar-refractivity contribution is 5.95. The lowest BCUT2D eigenvalue weighted by molar-refractivity contribution is 0.0701. The second-order valence-corrected chi connectivity index (χ2v) is 8.03. The number of phenolic OH excluding ortho intramolecular Hbond substituents is 1. The van der Waals surface area contributed by atoms with Gasteiger partial charge in [-0.1, -0.05) is 0 Å². The Kier molecular flexibility index (Phi) is 5.31. The number of rotatable bonds is 4. The van der Waals surface area contributed by atoms with Crippen LogP contribution < -0.4 is 10.2 Å². The highest BCUT2D eigenvalue weighted by Crippen LogP contribution is 2.39. The lowest BCUT2D eigenvalue weighted by Gasteiger charge is -2.43. The van der Waals surface area contributed by atoms with E-state index >= 15 is 4.39 Å². The summed E-state index contributed by atoms with van der Waals surface area (Å²) in [4.78, 5) is 15.6. The molecule has 1 aromatic heterocycles. The summed E-state index contributed by atoms with van der Waals surface area (Å²) < 4.78 is 29.3. The number of anilines is 1. The number of fused-ring (bicyclic) bond motifs is 2. The first-order chi connectivity index (χ1) is 14.3. The third-order valence-electron chi connectivity index (χ3n) is 6.49. The van der Waals surface area contributed by atoms with Gasteiger partial charge in [0.25, 0.3) is 5.91 Å². The molecular formula is C21H25F2N5O2. The fourth-order valence-electron chi connectivity index (χ4n) is 4.65. The van der Waals surface area contributed by atoms with Crippen molar-refractivity contribution < 1.29 is 18.7 Å². The molecule has 2 aliphatic rings. The highest BCUT2D eigenvalue weighted by Gasteiger charge is 2.47. The largest absolute Gasteiger partial charge is 0.507 e. The molecule has 1 amide bonds. The number of aromatic nitrogens is 2. The van der Waals surface area contributed by atoms with Crippen molar-refractivity contribution in [2.45, 2.75) is 43.6 Å². The lowest BCUT2D eigenvalue weighted by Crippen LogP contribution is -2.56. The number of amides is 1. The summed E-state index contributed by atoms with van der Waals surface area (Å²) in [6, 6.07) is 5.43. The van der Waals surface area contributed by atoms with E-state index in [2.05, 4.69) is 20.4 Å². The average molecular weight is 417 g/mol. The van der Waals surface area contributed by atoms with E-state index in [0.29, 0.717) is 11.9 Å². The standard InChI is InChI=1S/C21H25F2N5O2/c1-24-21(30)12-10-18(29)13(9-14(12)22)15-5-7-19(26-25-15)28(3)17-8-11-4-6-16(20(17)23)27(11)2/h5,7,9-11,16-17,20,29H,4,6,8H2,1-3H3,(H,24,30)/t11-,16+,17-,20+/m1/s1. The monoisotopic (exact) mass is 417 g/mol. The topological polar surface area (TPSA) is 81.6 Å². The fraction of sp³-hybridized carbons (Fsp3) is 0.476. The molecule has 2 aliphatic heterocycles. The first kappa shape index (κ1) is 20.5. The van der Waals surface area contributed by atoms with Crippen LogP contribution >= 0.6 is 0 Å². The average Bonchev–Trinajstić information content (AvgIpc) is 3.01. The Balaban J connectivity index is 1.56. The van der Waals surface area contributed by atoms with Gasteiger partial charge in [0.2, 0.25) is 0 Å². The molecule has 2 N–H and O–H groups in total. The van der Waals surface area contributed by atoms with Gasteiger partial charge in [-0.15, -0.1) is 10.2 Å². The summed E-state index contributed by atoms with van der Waals surface area (Å²) in [5, 5.41) is 20.8. The first-order valence-electron chi connectivity index (χ1n) is 9.99. The molecule has 2 aromatic rings. The van der Waals surface area contributed by atoms with Gasteiger partial charge in [-0.2, -0.15) is 0 Å². The van der Waals surface area contributed by atoms with E-state index < -0.39 is 17.9 Å². The maximum Gasteiger partial charge on any atom is 0.254 e. The molecule has 7 nitrogen and oxygen atoms in total. The molecule has 0 saturated carbocycles. The Hall–Kier alpha value is -2.81. The summed E-state index contributed by atoms with van der Waals surface area (Å²) in [7, 11) is 5.17. The predicted molar refractivity (Wildman–Crippen MR) is 109 cm³/mol. The van der Waals surface area contributed by atoms with E-state index in [9.17, 15) is 14.3 Å². The number of carbonyl (C=O) groups excluding carboxylic acids is 1. The number of nitrogens with zero attached hydrogens (tertiary/aromatic N) is 4. The molecule has 2 fully saturated rings. The number of nitrogens with one attached hydrogen (secondary N) is 1. The molecule has 160 valence electrons. The third-order valence-corrected chi connectivity index (χ3v) is 6.49. The van der Waals surface area contributed by atoms with Gasteiger partial charge in [0.15, 0.2) is 5.82 Å². The van der Waals surface area contributed by atoms with E-state index in [-0.39, 0.29) is 34.7 Å². The SMILES string of the molecule is CNC(=O)c1cc(O)c(-c2ccc(N(C)[C@@H]3C[C@H]4CC[C@@H]([C@@H]3F)N4C)nn2)cc1F. The lowest BCUT2D eigenvalue weighted by atomic mass is 9.95. The maximum absolute atomic E-state index is 15.1. The Morgan fingerprint density at radius 2 is 2.07 bits per heavy atom. The Labute approximate surface area is 173 Å². The van der Waals surface area contributed by atoms with Crippen LogP contribution in [0, 0.1) is 5.82 Å². The molecule has 4 atom stereocenters. The van der Waals surface area contributed by atoms with Gasteiger partial charge >= 0.3 is 0 Å². The second kappa shape index (κ2) is 7.79. The van der Waals surface area contributed by atoms with Gasteiger partial charge in [-0.25, -0.2) is 8.78 Å². The van der Waals surface area contributed by atoms with Crippen LogP contribution in [-0.2, 0) is 0 Å². The van der Waals surface area contributed by atoms with E-state index in [4.69, 9.17) is 0 Å². The van der Waals surface area contributed by atoms with Crippen LogP contribution in [0.5, 0.6) is 5.75 Å². The zero-order chi connectivity index (χ0) is 21.6. The maximum atomic E-state index is 15.1. The van der Waals surface area contributed by atoms with Gasteiger partial charge in [0.1, 0.15) is 17.7 Å². The molecule has 2 saturated heterocycles. The van der Waals surface area contributed by atoms with Crippen LogP contribution in [0.2, 0.25) is 0 Å². The molecular weight excluding hydrogens is 392 g/mol. The summed E-state index contributed by atoms with van der Waals surface area (Å²) in [6.07, 6.45) is 1.62. The van der Waals surface area contributed by atoms with Gasteiger partial charge in [-0.05, 0) is 50.6 Å². The quantitative estimate of drug-likeness (QED) is 0.795. The summed E-state index contributed by atoms with van der Waals surface area (Å²) in [5.41, 5.74) is 0.128. The van der Waals surface area contributed by atoms with Gasteiger partial charge < -0.3 is 15.3 Å². The minimum atomic E-state index is -0.976. The van der Waals surface area contributed by atoms with Crippen molar-refractivity contribution in [3.63, 3.8) is 0 Å². The molecule has 1 aromatic carbocycles. The number of benzene rings is 1. The van der Waals surface area contributed by atoms with Crippen LogP contribution in [0.15, 0.2) is 24.3 Å². The first-order valence-corrected chi connectivity index (χ1v) is 9.99. The van der Waals surface area contributed by atoms with E-state index in [1.54, 1.807) is 19.2 Å². The number of aromatic hydroxyl groups is 1. The number of carbonyl (C=O) groups is 1. The minimum absolute atomic E-state index is 0.0674. The van der Waals surface area contributed by atoms with Crippen LogP contribution in [0.4, 0.5) is 14.6 Å². The van der Waals surface area contributed by atoms with Crippen molar-refractivity contribution in [2.24, 2.45) is 0 Å². The van der Waals surface area contributed by atoms with Gasteiger partial charge in [0.05, 0.1) is 17.3 Å². The van der Waals surface area contributed by atoms with Gasteiger partial charge in [0, 0.05) is 31.7 Å². The van der Waals surface area contributed by atoms with Crippen molar-refractivity contribution in [1.29, 1.82) is 0 Å². The summed E-state index contributed by atoms with van der Waals surface area (Å²) >= 11 is 0. The molecule has 0 radical (unpaired) electrons. The Bertz CT molecular complexity index is 955. The zero-order valence-electron chi connectivity index (χ0n) is 17.1.